The van der Waals surface area contributed by atoms with Gasteiger partial charge < -0.3 is 4.74 Å². The van der Waals surface area contributed by atoms with Gasteiger partial charge in [0, 0.05) is 10.6 Å². The van der Waals surface area contributed by atoms with E-state index in [9.17, 15) is 4.79 Å². The van der Waals surface area contributed by atoms with Crippen LogP contribution in [0.4, 0.5) is 0 Å². The third-order valence-corrected chi connectivity index (χ3v) is 4.10. The van der Waals surface area contributed by atoms with Crippen molar-refractivity contribution in [3.63, 3.8) is 0 Å². The Kier molecular flexibility index (Phi) is 8.70. The van der Waals surface area contributed by atoms with Gasteiger partial charge in [0.15, 0.2) is 0 Å². The Balaban J connectivity index is 1.74. The number of hydrogen-bond donors (Lipinski definition) is 1. The van der Waals surface area contributed by atoms with Gasteiger partial charge in [0.2, 0.25) is 0 Å². The van der Waals surface area contributed by atoms with Gasteiger partial charge >= 0.3 is 0 Å². The third-order valence-electron chi connectivity index (χ3n) is 3.86. The fraction of sp³-hybridized carbons (Fsp3) is 0.333. The molecule has 0 saturated carbocycles. The topological polar surface area (TPSA) is 50.7 Å². The van der Waals surface area contributed by atoms with E-state index in [4.69, 9.17) is 16.3 Å². The normalized spacial score (nSPS) is 10.8. The average molecular weight is 373 g/mol. The smallest absolute Gasteiger partial charge is 0.271 e. The van der Waals surface area contributed by atoms with Crippen LogP contribution in [-0.4, -0.2) is 18.7 Å². The summed E-state index contributed by atoms with van der Waals surface area (Å²) >= 11 is 5.87. The van der Waals surface area contributed by atoms with E-state index in [1.54, 1.807) is 30.5 Å². The molecule has 1 amide bonds. The molecule has 1 N–H and O–H groups in total. The van der Waals surface area contributed by atoms with E-state index < -0.39 is 0 Å². The number of ether oxygens (including phenoxy) is 1. The molecule has 2 aromatic rings. The van der Waals surface area contributed by atoms with Crippen LogP contribution in [0.3, 0.4) is 0 Å². The predicted octanol–water partition coefficient (Wildman–Crippen LogP) is 5.45. The SMILES string of the molecule is CCCCCCCOc1ccc(/C=N/NC(=O)c2cccc(Cl)c2)cc1. The lowest BCUT2D eigenvalue weighted by atomic mass is 10.2. The lowest BCUT2D eigenvalue weighted by Crippen LogP contribution is -2.17. The molecule has 2 aromatic carbocycles. The van der Waals surface area contributed by atoms with Crippen LogP contribution in [0.5, 0.6) is 5.75 Å². The molecule has 0 radical (unpaired) electrons. The summed E-state index contributed by atoms with van der Waals surface area (Å²) < 4.78 is 5.73. The summed E-state index contributed by atoms with van der Waals surface area (Å²) in [6, 6.07) is 14.4. The first kappa shape index (κ1) is 20.0. The zero-order chi connectivity index (χ0) is 18.6. The molecule has 138 valence electrons. The number of carbonyl (C=O) groups is 1. The van der Waals surface area contributed by atoms with E-state index in [0.29, 0.717) is 10.6 Å². The quantitative estimate of drug-likeness (QED) is 0.342. The highest BCUT2D eigenvalue weighted by molar-refractivity contribution is 6.30. The molecule has 26 heavy (non-hydrogen) atoms. The summed E-state index contributed by atoms with van der Waals surface area (Å²) in [5, 5.41) is 4.49. The first-order valence-electron chi connectivity index (χ1n) is 9.01. The standard InChI is InChI=1S/C21H25ClN2O2/c1-2-3-4-5-6-14-26-20-12-10-17(11-13-20)16-23-24-21(25)18-8-7-9-19(22)15-18/h7-13,15-16H,2-6,14H2,1H3,(H,24,25)/b23-16+. The first-order chi connectivity index (χ1) is 12.7. The molecule has 0 spiro atoms. The number of carbonyl (C=O) groups excluding carboxylic acids is 1. The average Bonchev–Trinajstić information content (AvgIpc) is 2.65. The largest absolute Gasteiger partial charge is 0.494 e. The predicted molar refractivity (Wildman–Crippen MR) is 107 cm³/mol. The summed E-state index contributed by atoms with van der Waals surface area (Å²) in [6.07, 6.45) is 7.71. The number of hydrogen-bond acceptors (Lipinski definition) is 3. The number of hydrazone groups is 1. The van der Waals surface area contributed by atoms with Gasteiger partial charge in [-0.25, -0.2) is 5.43 Å². The number of rotatable bonds is 10. The minimum absolute atomic E-state index is 0.299. The minimum atomic E-state index is -0.299. The Morgan fingerprint density at radius 2 is 1.88 bits per heavy atom. The van der Waals surface area contributed by atoms with Crippen LogP contribution < -0.4 is 10.2 Å². The monoisotopic (exact) mass is 372 g/mol. The molecular formula is C21H25ClN2O2. The van der Waals surface area contributed by atoms with Gasteiger partial charge in [0.25, 0.3) is 5.91 Å². The summed E-state index contributed by atoms with van der Waals surface area (Å²) in [7, 11) is 0. The van der Waals surface area contributed by atoms with Crippen molar-refractivity contribution in [2.24, 2.45) is 5.10 Å². The van der Waals surface area contributed by atoms with E-state index in [0.717, 1.165) is 24.3 Å². The van der Waals surface area contributed by atoms with Crippen LogP contribution in [0.15, 0.2) is 53.6 Å². The highest BCUT2D eigenvalue weighted by Gasteiger charge is 2.03. The van der Waals surface area contributed by atoms with Crippen LogP contribution >= 0.6 is 11.6 Å². The van der Waals surface area contributed by atoms with Crippen molar-refractivity contribution in [1.82, 2.24) is 5.43 Å². The summed E-state index contributed by atoms with van der Waals surface area (Å²) in [5.41, 5.74) is 3.84. The first-order valence-corrected chi connectivity index (χ1v) is 9.38. The molecule has 0 saturated heterocycles. The summed E-state index contributed by atoms with van der Waals surface area (Å²) in [4.78, 5) is 12.0. The van der Waals surface area contributed by atoms with Gasteiger partial charge in [0.1, 0.15) is 5.75 Å². The van der Waals surface area contributed by atoms with Crippen molar-refractivity contribution in [3.8, 4) is 5.75 Å². The van der Waals surface area contributed by atoms with Crippen molar-refractivity contribution < 1.29 is 9.53 Å². The molecule has 0 fully saturated rings. The number of nitrogens with one attached hydrogen (secondary N) is 1. The van der Waals surface area contributed by atoms with E-state index in [2.05, 4.69) is 17.5 Å². The third kappa shape index (κ3) is 7.28. The number of halogens is 1. The molecule has 0 heterocycles. The highest BCUT2D eigenvalue weighted by Crippen LogP contribution is 2.13. The second-order valence-electron chi connectivity index (χ2n) is 6.04. The Labute approximate surface area is 160 Å². The van der Waals surface area contributed by atoms with Gasteiger partial charge in [-0.15, -0.1) is 0 Å². The van der Waals surface area contributed by atoms with Gasteiger partial charge in [-0.2, -0.15) is 5.10 Å². The fourth-order valence-corrected chi connectivity index (χ4v) is 2.60. The van der Waals surface area contributed by atoms with Gasteiger partial charge in [-0.05, 0) is 54.4 Å². The molecule has 0 aliphatic rings. The fourth-order valence-electron chi connectivity index (χ4n) is 2.41. The van der Waals surface area contributed by atoms with Crippen LogP contribution in [0, 0.1) is 0 Å². The maximum Gasteiger partial charge on any atom is 0.271 e. The molecule has 2 rings (SSSR count). The molecule has 0 bridgehead atoms. The number of benzene rings is 2. The summed E-state index contributed by atoms with van der Waals surface area (Å²) in [5.74, 6) is 0.549. The summed E-state index contributed by atoms with van der Waals surface area (Å²) in [6.45, 7) is 2.96. The number of amides is 1. The van der Waals surface area contributed by atoms with Crippen LogP contribution in [0.25, 0.3) is 0 Å². The highest BCUT2D eigenvalue weighted by atomic mass is 35.5. The molecule has 5 heteroatoms. The zero-order valence-corrected chi connectivity index (χ0v) is 15.8. The van der Waals surface area contributed by atoms with Crippen molar-refractivity contribution in [2.75, 3.05) is 6.61 Å². The Hall–Kier alpha value is -2.33. The molecule has 0 atom stereocenters. The van der Waals surface area contributed by atoms with Crippen molar-refractivity contribution >= 4 is 23.7 Å². The lowest BCUT2D eigenvalue weighted by molar-refractivity contribution is 0.0955. The van der Waals surface area contributed by atoms with Crippen LogP contribution in [0.2, 0.25) is 5.02 Å². The lowest BCUT2D eigenvalue weighted by Gasteiger charge is -2.06. The van der Waals surface area contributed by atoms with Crippen molar-refractivity contribution in [2.45, 2.75) is 39.0 Å². The van der Waals surface area contributed by atoms with Crippen LogP contribution in [0.1, 0.15) is 54.9 Å². The Morgan fingerprint density at radius 1 is 1.12 bits per heavy atom. The second kappa shape index (κ2) is 11.3. The minimum Gasteiger partial charge on any atom is -0.494 e. The second-order valence-corrected chi connectivity index (χ2v) is 6.48. The Morgan fingerprint density at radius 3 is 2.62 bits per heavy atom. The van der Waals surface area contributed by atoms with E-state index in [1.807, 2.05) is 24.3 Å². The number of unbranched alkanes of at least 4 members (excludes halogenated alkanes) is 4. The van der Waals surface area contributed by atoms with E-state index >= 15 is 0 Å². The molecule has 0 unspecified atom stereocenters. The van der Waals surface area contributed by atoms with E-state index in [1.165, 1.54) is 25.7 Å². The van der Waals surface area contributed by atoms with Crippen molar-refractivity contribution in [3.05, 3.63) is 64.7 Å². The zero-order valence-electron chi connectivity index (χ0n) is 15.1. The van der Waals surface area contributed by atoms with Gasteiger partial charge in [0.05, 0.1) is 12.8 Å². The van der Waals surface area contributed by atoms with Crippen molar-refractivity contribution in [1.29, 1.82) is 0 Å². The maximum absolute atomic E-state index is 12.0. The van der Waals surface area contributed by atoms with Crippen LogP contribution in [-0.2, 0) is 0 Å². The number of nitrogens with zero attached hydrogens (tertiary/aromatic N) is 1. The van der Waals surface area contributed by atoms with Gasteiger partial charge in [-0.1, -0.05) is 50.3 Å². The Bertz CT molecular complexity index is 714. The molecule has 0 aliphatic heterocycles. The maximum atomic E-state index is 12.0. The molecule has 0 aliphatic carbocycles. The van der Waals surface area contributed by atoms with E-state index in [-0.39, 0.29) is 5.91 Å². The molecule has 4 nitrogen and oxygen atoms in total. The van der Waals surface area contributed by atoms with Gasteiger partial charge in [-0.3, -0.25) is 4.79 Å². The molecular weight excluding hydrogens is 348 g/mol. The molecule has 0 aromatic heterocycles.